The summed E-state index contributed by atoms with van der Waals surface area (Å²) < 4.78 is 32.1. The molecule has 0 unspecified atom stereocenters. The first kappa shape index (κ1) is 18.7. The minimum Gasteiger partial charge on any atom is -0.497 e. The number of hydrogen-bond donors (Lipinski definition) is 4. The maximum Gasteiger partial charge on any atom is 0.323 e. The van der Waals surface area contributed by atoms with Crippen LogP contribution >= 0.6 is 0 Å². The molecule has 0 fully saturated rings. The number of carbonyl (C=O) groups is 1. The molecule has 27 heavy (non-hydrogen) atoms. The highest BCUT2D eigenvalue weighted by atomic mass is 32.2. The molecule has 0 bridgehead atoms. The second-order valence-electron chi connectivity index (χ2n) is 5.85. The van der Waals surface area contributed by atoms with E-state index < -0.39 is 22.0 Å². The van der Waals surface area contributed by atoms with Gasteiger partial charge in [0.2, 0.25) is 15.9 Å². The third-order valence-electron chi connectivity index (χ3n) is 3.88. The van der Waals surface area contributed by atoms with E-state index in [-0.39, 0.29) is 10.6 Å². The van der Waals surface area contributed by atoms with Crippen molar-refractivity contribution in [2.24, 2.45) is 0 Å². The Morgan fingerprint density at radius 2 is 1.74 bits per heavy atom. The molecule has 0 saturated carbocycles. The average Bonchev–Trinajstić information content (AvgIpc) is 3.00. The van der Waals surface area contributed by atoms with Crippen molar-refractivity contribution >= 4 is 32.7 Å². The lowest BCUT2D eigenvalue weighted by atomic mass is 10.2. The summed E-state index contributed by atoms with van der Waals surface area (Å²) in [5, 5.41) is 2.61. The van der Waals surface area contributed by atoms with Crippen LogP contribution in [0.5, 0.6) is 5.75 Å². The maximum atomic E-state index is 12.4. The molecule has 10 heteroatoms. The van der Waals surface area contributed by atoms with Gasteiger partial charge in [-0.05, 0) is 49.4 Å². The lowest BCUT2D eigenvalue weighted by Crippen LogP contribution is -2.41. The third kappa shape index (κ3) is 4.18. The number of fused-ring (bicyclic) bond motifs is 1. The smallest absolute Gasteiger partial charge is 0.323 e. The van der Waals surface area contributed by atoms with Gasteiger partial charge in [0.25, 0.3) is 0 Å². The molecule has 0 saturated heterocycles. The molecule has 1 heterocycles. The Kier molecular flexibility index (Phi) is 5.02. The van der Waals surface area contributed by atoms with Crippen LogP contribution in [0.25, 0.3) is 11.0 Å². The van der Waals surface area contributed by atoms with Gasteiger partial charge in [0, 0.05) is 5.69 Å². The molecule has 2 aromatic carbocycles. The molecule has 0 spiro atoms. The summed E-state index contributed by atoms with van der Waals surface area (Å²) in [6.45, 7) is 1.44. The fraction of sp³-hybridized carbons (Fsp3) is 0.176. The summed E-state index contributed by atoms with van der Waals surface area (Å²) in [5.41, 5.74) is 1.21. The molecule has 142 valence electrons. The van der Waals surface area contributed by atoms with E-state index in [0.717, 1.165) is 0 Å². The first-order valence-corrected chi connectivity index (χ1v) is 9.46. The Morgan fingerprint density at radius 1 is 1.07 bits per heavy atom. The normalized spacial score (nSPS) is 12.7. The number of aromatic nitrogens is 2. The number of imidazole rings is 1. The SMILES string of the molecule is COc1ccc(S(=O)(=O)N[C@@H](C)C(=O)Nc2ccc3[nH]c(=O)[nH]c3c2)cc1. The topological polar surface area (TPSA) is 133 Å². The second kappa shape index (κ2) is 7.25. The van der Waals surface area contributed by atoms with Crippen molar-refractivity contribution < 1.29 is 17.9 Å². The highest BCUT2D eigenvalue weighted by Crippen LogP contribution is 2.17. The number of aromatic amines is 2. The van der Waals surface area contributed by atoms with Crippen LogP contribution in [-0.2, 0) is 14.8 Å². The molecule has 1 amide bonds. The van der Waals surface area contributed by atoms with Gasteiger partial charge in [0.15, 0.2) is 0 Å². The molecular weight excluding hydrogens is 372 g/mol. The van der Waals surface area contributed by atoms with Crippen molar-refractivity contribution in [3.8, 4) is 5.75 Å². The van der Waals surface area contributed by atoms with Gasteiger partial charge in [0.05, 0.1) is 29.1 Å². The molecule has 0 aliphatic rings. The van der Waals surface area contributed by atoms with Gasteiger partial charge in [0.1, 0.15) is 5.75 Å². The van der Waals surface area contributed by atoms with E-state index in [9.17, 15) is 18.0 Å². The largest absolute Gasteiger partial charge is 0.497 e. The molecule has 0 aliphatic carbocycles. The van der Waals surface area contributed by atoms with E-state index in [0.29, 0.717) is 22.5 Å². The van der Waals surface area contributed by atoms with Crippen molar-refractivity contribution in [3.63, 3.8) is 0 Å². The standard InChI is InChI=1S/C17H18N4O5S/c1-10(21-27(24,25)13-6-4-12(26-2)5-7-13)16(22)18-11-3-8-14-15(9-11)20-17(23)19-14/h3-10,21H,1-2H3,(H,18,22)(H2,19,20,23)/t10-/m0/s1. The van der Waals surface area contributed by atoms with Crippen molar-refractivity contribution in [2.75, 3.05) is 12.4 Å². The Labute approximate surface area is 154 Å². The summed E-state index contributed by atoms with van der Waals surface area (Å²) in [6, 6.07) is 9.63. The van der Waals surface area contributed by atoms with Crippen molar-refractivity contribution in [1.82, 2.24) is 14.7 Å². The molecule has 9 nitrogen and oxygen atoms in total. The fourth-order valence-corrected chi connectivity index (χ4v) is 3.67. The number of benzene rings is 2. The Bertz CT molecular complexity index is 1130. The van der Waals surface area contributed by atoms with Crippen LogP contribution in [0.1, 0.15) is 6.92 Å². The van der Waals surface area contributed by atoms with Gasteiger partial charge in [-0.1, -0.05) is 0 Å². The van der Waals surface area contributed by atoms with Gasteiger partial charge in [-0.2, -0.15) is 4.72 Å². The van der Waals surface area contributed by atoms with E-state index in [1.54, 1.807) is 18.2 Å². The van der Waals surface area contributed by atoms with E-state index in [4.69, 9.17) is 4.74 Å². The summed E-state index contributed by atoms with van der Waals surface area (Å²) in [6.07, 6.45) is 0. The van der Waals surface area contributed by atoms with Crippen molar-refractivity contribution in [3.05, 3.63) is 52.9 Å². The van der Waals surface area contributed by atoms with Crippen LogP contribution in [0.2, 0.25) is 0 Å². The summed E-state index contributed by atoms with van der Waals surface area (Å²) in [4.78, 5) is 28.8. The zero-order valence-corrected chi connectivity index (χ0v) is 15.4. The molecule has 0 aliphatic heterocycles. The Morgan fingerprint density at radius 3 is 2.41 bits per heavy atom. The Hall–Kier alpha value is -3.11. The van der Waals surface area contributed by atoms with Crippen molar-refractivity contribution in [2.45, 2.75) is 17.9 Å². The van der Waals surface area contributed by atoms with Gasteiger partial charge < -0.3 is 20.0 Å². The highest BCUT2D eigenvalue weighted by Gasteiger charge is 2.22. The van der Waals surface area contributed by atoms with Crippen LogP contribution in [-0.4, -0.2) is 37.4 Å². The van der Waals surface area contributed by atoms with Crippen LogP contribution in [0.15, 0.2) is 52.2 Å². The average molecular weight is 390 g/mol. The predicted octanol–water partition coefficient (Wildman–Crippen LogP) is 1.17. The number of anilines is 1. The summed E-state index contributed by atoms with van der Waals surface area (Å²) in [7, 11) is -2.39. The van der Waals surface area contributed by atoms with Crippen molar-refractivity contribution in [1.29, 1.82) is 0 Å². The number of carbonyl (C=O) groups excluding carboxylic acids is 1. The lowest BCUT2D eigenvalue weighted by molar-refractivity contribution is -0.117. The summed E-state index contributed by atoms with van der Waals surface area (Å²) in [5.74, 6) is -0.0118. The predicted molar refractivity (Wildman–Crippen MR) is 100 cm³/mol. The first-order valence-electron chi connectivity index (χ1n) is 7.98. The minimum absolute atomic E-state index is 0.0225. The molecule has 3 rings (SSSR count). The number of amides is 1. The first-order chi connectivity index (χ1) is 12.8. The number of rotatable bonds is 6. The van der Waals surface area contributed by atoms with E-state index in [1.807, 2.05) is 0 Å². The molecule has 1 atom stereocenters. The second-order valence-corrected chi connectivity index (χ2v) is 7.56. The molecule has 4 N–H and O–H groups in total. The Balaban J connectivity index is 1.70. The van der Waals surface area contributed by atoms with Crippen LogP contribution in [0.3, 0.4) is 0 Å². The quantitative estimate of drug-likeness (QED) is 0.501. The third-order valence-corrected chi connectivity index (χ3v) is 5.44. The monoisotopic (exact) mass is 390 g/mol. The number of nitrogens with one attached hydrogen (secondary N) is 4. The molecular formula is C17H18N4O5S. The zero-order valence-electron chi connectivity index (χ0n) is 14.6. The van der Waals surface area contributed by atoms with E-state index in [2.05, 4.69) is 20.0 Å². The van der Waals surface area contributed by atoms with Crippen LogP contribution < -0.4 is 20.5 Å². The van der Waals surface area contributed by atoms with Crippen LogP contribution in [0, 0.1) is 0 Å². The number of ether oxygens (including phenoxy) is 1. The van der Waals surface area contributed by atoms with Gasteiger partial charge in [-0.25, -0.2) is 13.2 Å². The maximum absolute atomic E-state index is 12.4. The number of H-pyrrole nitrogens is 2. The zero-order chi connectivity index (χ0) is 19.6. The number of hydrogen-bond acceptors (Lipinski definition) is 5. The molecule has 0 radical (unpaired) electrons. The molecule has 3 aromatic rings. The number of methoxy groups -OCH3 is 1. The fourth-order valence-electron chi connectivity index (χ4n) is 2.47. The highest BCUT2D eigenvalue weighted by molar-refractivity contribution is 7.89. The minimum atomic E-state index is -3.87. The van der Waals surface area contributed by atoms with E-state index in [1.165, 1.54) is 38.3 Å². The van der Waals surface area contributed by atoms with E-state index >= 15 is 0 Å². The van der Waals surface area contributed by atoms with Gasteiger partial charge in [-0.15, -0.1) is 0 Å². The van der Waals surface area contributed by atoms with Gasteiger partial charge >= 0.3 is 5.69 Å². The van der Waals surface area contributed by atoms with Crippen LogP contribution in [0.4, 0.5) is 5.69 Å². The lowest BCUT2D eigenvalue weighted by Gasteiger charge is -2.14. The molecule has 1 aromatic heterocycles. The summed E-state index contributed by atoms with van der Waals surface area (Å²) >= 11 is 0. The van der Waals surface area contributed by atoms with Gasteiger partial charge in [-0.3, -0.25) is 4.79 Å². The number of sulfonamides is 1.